The quantitative estimate of drug-likeness (QED) is 0.749. The molecule has 0 spiro atoms. The van der Waals surface area contributed by atoms with Crippen LogP contribution in [0.1, 0.15) is 12.0 Å². The van der Waals surface area contributed by atoms with Gasteiger partial charge in [-0.2, -0.15) is 5.10 Å². The van der Waals surface area contributed by atoms with Gasteiger partial charge in [0.15, 0.2) is 0 Å². The van der Waals surface area contributed by atoms with Crippen molar-refractivity contribution in [3.8, 4) is 0 Å². The van der Waals surface area contributed by atoms with Gasteiger partial charge in [-0.25, -0.2) is 4.68 Å². The fraction of sp³-hybridized carbons (Fsp3) is 0.312. The normalized spacial score (nSPS) is 10.4. The zero-order chi connectivity index (χ0) is 14.2. The van der Waals surface area contributed by atoms with Crippen molar-refractivity contribution in [3.05, 3.63) is 54.9 Å². The van der Waals surface area contributed by atoms with Crippen LogP contribution >= 0.6 is 0 Å². The number of nitrogens with one attached hydrogen (secondary N) is 1. The molecule has 0 aliphatic heterocycles. The predicted molar refractivity (Wildman–Crippen MR) is 84.6 cm³/mol. The Labute approximate surface area is 120 Å². The van der Waals surface area contributed by atoms with Gasteiger partial charge in [-0.05, 0) is 25.1 Å². The van der Waals surface area contributed by atoms with Gasteiger partial charge >= 0.3 is 0 Å². The summed E-state index contributed by atoms with van der Waals surface area (Å²) in [6.07, 6.45) is 6.65. The van der Waals surface area contributed by atoms with Gasteiger partial charge in [0.05, 0.1) is 6.20 Å². The molecule has 0 radical (unpaired) electrons. The third-order valence-corrected chi connectivity index (χ3v) is 3.22. The molecule has 20 heavy (non-hydrogen) atoms. The third-order valence-electron chi connectivity index (χ3n) is 3.22. The van der Waals surface area contributed by atoms with E-state index in [1.165, 1.54) is 11.3 Å². The smallest absolute Gasteiger partial charge is 0.0538 e. The Bertz CT molecular complexity index is 518. The van der Waals surface area contributed by atoms with E-state index in [1.54, 1.807) is 10.9 Å². The van der Waals surface area contributed by atoms with Gasteiger partial charge < -0.3 is 10.2 Å². The molecule has 0 saturated heterocycles. The number of benzene rings is 1. The molecule has 0 fully saturated rings. The van der Waals surface area contributed by atoms with Gasteiger partial charge in [0.1, 0.15) is 0 Å². The van der Waals surface area contributed by atoms with E-state index in [1.807, 2.05) is 18.5 Å². The molecule has 4 nitrogen and oxygen atoms in total. The van der Waals surface area contributed by atoms with Crippen molar-refractivity contribution in [3.63, 3.8) is 0 Å². The van der Waals surface area contributed by atoms with E-state index in [9.17, 15) is 0 Å². The van der Waals surface area contributed by atoms with E-state index in [4.69, 9.17) is 0 Å². The summed E-state index contributed by atoms with van der Waals surface area (Å²) >= 11 is 0. The molecular weight excluding hydrogens is 248 g/mol. The first-order valence-corrected chi connectivity index (χ1v) is 6.92. The van der Waals surface area contributed by atoms with Gasteiger partial charge in [-0.15, -0.1) is 0 Å². The van der Waals surface area contributed by atoms with E-state index >= 15 is 0 Å². The zero-order valence-electron chi connectivity index (χ0n) is 12.0. The summed E-state index contributed by atoms with van der Waals surface area (Å²) in [5, 5.41) is 7.58. The zero-order valence-corrected chi connectivity index (χ0v) is 12.0. The number of para-hydroxylation sites is 1. The highest BCUT2D eigenvalue weighted by molar-refractivity contribution is 5.44. The lowest BCUT2D eigenvalue weighted by Gasteiger charge is -2.19. The molecule has 0 aliphatic rings. The Hall–Kier alpha value is -2.07. The average molecular weight is 270 g/mol. The van der Waals surface area contributed by atoms with Crippen LogP contribution in [0.25, 0.3) is 6.20 Å². The molecule has 0 bridgehead atoms. The second kappa shape index (κ2) is 7.50. The van der Waals surface area contributed by atoms with Crippen molar-refractivity contribution in [2.45, 2.75) is 13.0 Å². The van der Waals surface area contributed by atoms with E-state index in [2.05, 4.69) is 53.2 Å². The Morgan fingerprint density at radius 2 is 2.15 bits per heavy atom. The molecule has 0 amide bonds. The minimum absolute atomic E-state index is 0.850. The van der Waals surface area contributed by atoms with Crippen molar-refractivity contribution in [2.75, 3.05) is 25.0 Å². The van der Waals surface area contributed by atoms with Gasteiger partial charge in [-0.3, -0.25) is 0 Å². The number of nitrogens with zero attached hydrogens (tertiary/aromatic N) is 3. The van der Waals surface area contributed by atoms with Crippen molar-refractivity contribution in [1.82, 2.24) is 15.1 Å². The van der Waals surface area contributed by atoms with Crippen molar-refractivity contribution < 1.29 is 0 Å². The summed E-state index contributed by atoms with van der Waals surface area (Å²) in [6, 6.07) is 10.5. The van der Waals surface area contributed by atoms with E-state index < -0.39 is 0 Å². The lowest BCUT2D eigenvalue weighted by Crippen LogP contribution is -2.23. The predicted octanol–water partition coefficient (Wildman–Crippen LogP) is 2.60. The minimum Gasteiger partial charge on any atom is -0.375 e. The topological polar surface area (TPSA) is 33.1 Å². The fourth-order valence-electron chi connectivity index (χ4n) is 2.05. The van der Waals surface area contributed by atoms with Crippen LogP contribution in [0, 0.1) is 0 Å². The molecule has 0 saturated carbocycles. The third kappa shape index (κ3) is 4.24. The van der Waals surface area contributed by atoms with Crippen LogP contribution in [0.15, 0.2) is 49.3 Å². The van der Waals surface area contributed by atoms with Crippen LogP contribution in [0.5, 0.6) is 0 Å². The maximum Gasteiger partial charge on any atom is 0.0538 e. The van der Waals surface area contributed by atoms with Crippen LogP contribution < -0.4 is 10.2 Å². The summed E-state index contributed by atoms with van der Waals surface area (Å²) in [5.74, 6) is 0. The second-order valence-electron chi connectivity index (χ2n) is 4.80. The Kier molecular flexibility index (Phi) is 5.38. The first-order valence-electron chi connectivity index (χ1n) is 6.92. The molecule has 1 aromatic heterocycles. The van der Waals surface area contributed by atoms with Crippen LogP contribution in [-0.2, 0) is 6.54 Å². The summed E-state index contributed by atoms with van der Waals surface area (Å²) in [5.41, 5.74) is 2.45. The summed E-state index contributed by atoms with van der Waals surface area (Å²) < 4.78 is 1.72. The first-order chi connectivity index (χ1) is 9.79. The lowest BCUT2D eigenvalue weighted by molar-refractivity contribution is 0.646. The maximum absolute atomic E-state index is 4.15. The summed E-state index contributed by atoms with van der Waals surface area (Å²) in [7, 11) is 2.13. The van der Waals surface area contributed by atoms with E-state index in [0.717, 1.165) is 26.1 Å². The van der Waals surface area contributed by atoms with Crippen LogP contribution in [0.4, 0.5) is 5.69 Å². The number of aromatic nitrogens is 2. The van der Waals surface area contributed by atoms with Crippen molar-refractivity contribution >= 4 is 11.9 Å². The van der Waals surface area contributed by atoms with E-state index in [0.29, 0.717) is 0 Å². The van der Waals surface area contributed by atoms with Gasteiger partial charge in [-0.1, -0.05) is 24.8 Å². The van der Waals surface area contributed by atoms with Gasteiger partial charge in [0.2, 0.25) is 0 Å². The first kappa shape index (κ1) is 14.3. The largest absolute Gasteiger partial charge is 0.375 e. The number of hydrogen-bond acceptors (Lipinski definition) is 3. The van der Waals surface area contributed by atoms with Crippen LogP contribution in [-0.4, -0.2) is 29.9 Å². The Balaban J connectivity index is 1.63. The minimum atomic E-state index is 0.850. The molecule has 1 heterocycles. The Morgan fingerprint density at radius 3 is 2.85 bits per heavy atom. The SMILES string of the molecule is C=Cn1cc(CNCCCN(C)c2ccccc2)cn1. The monoisotopic (exact) mass is 270 g/mol. The molecule has 1 N–H and O–H groups in total. The van der Waals surface area contributed by atoms with Gasteiger partial charge in [0, 0.05) is 43.8 Å². The lowest BCUT2D eigenvalue weighted by atomic mass is 10.3. The fourth-order valence-corrected chi connectivity index (χ4v) is 2.05. The molecule has 106 valence electrons. The highest BCUT2D eigenvalue weighted by Crippen LogP contribution is 2.10. The summed E-state index contributed by atoms with van der Waals surface area (Å²) in [4.78, 5) is 2.28. The standard InChI is InChI=1S/C16H22N4/c1-3-20-14-15(13-18-20)12-17-10-7-11-19(2)16-8-5-4-6-9-16/h3-6,8-9,13-14,17H,1,7,10-12H2,2H3. The molecule has 4 heteroatoms. The molecule has 1 aromatic carbocycles. The van der Waals surface area contributed by atoms with Crippen LogP contribution in [0.2, 0.25) is 0 Å². The second-order valence-corrected chi connectivity index (χ2v) is 4.80. The molecule has 0 aliphatic carbocycles. The number of anilines is 1. The molecular formula is C16H22N4. The van der Waals surface area contributed by atoms with Gasteiger partial charge in [0.25, 0.3) is 0 Å². The maximum atomic E-state index is 4.15. The highest BCUT2D eigenvalue weighted by atomic mass is 15.2. The molecule has 0 unspecified atom stereocenters. The number of hydrogen-bond donors (Lipinski definition) is 1. The summed E-state index contributed by atoms with van der Waals surface area (Å²) in [6.45, 7) is 6.57. The molecule has 0 atom stereocenters. The Morgan fingerprint density at radius 1 is 1.35 bits per heavy atom. The molecule has 2 aromatic rings. The molecule has 2 rings (SSSR count). The number of rotatable bonds is 8. The van der Waals surface area contributed by atoms with Crippen molar-refractivity contribution in [1.29, 1.82) is 0 Å². The highest BCUT2D eigenvalue weighted by Gasteiger charge is 1.99. The van der Waals surface area contributed by atoms with Crippen LogP contribution in [0.3, 0.4) is 0 Å². The van der Waals surface area contributed by atoms with E-state index in [-0.39, 0.29) is 0 Å². The average Bonchev–Trinajstić information content (AvgIpc) is 2.95. The van der Waals surface area contributed by atoms with Crippen molar-refractivity contribution in [2.24, 2.45) is 0 Å².